The molecule has 5 heteroatoms. The van der Waals surface area contributed by atoms with Gasteiger partial charge in [0.05, 0.1) is 4.90 Å². The van der Waals surface area contributed by atoms with Gasteiger partial charge in [-0.3, -0.25) is 0 Å². The normalized spacial score (nSPS) is 11.6. The summed E-state index contributed by atoms with van der Waals surface area (Å²) >= 11 is 3.07. The number of rotatable bonds is 1. The zero-order chi connectivity index (χ0) is 9.35. The number of halogens is 2. The Kier molecular flexibility index (Phi) is 2.53. The molecule has 0 bridgehead atoms. The Balaban J connectivity index is 3.37. The number of benzene rings is 1. The summed E-state index contributed by atoms with van der Waals surface area (Å²) in [5.41, 5.74) is 0.695. The highest BCUT2D eigenvalue weighted by molar-refractivity contribution is 9.10. The summed E-state index contributed by atoms with van der Waals surface area (Å²) < 4.78 is 33.9. The van der Waals surface area contributed by atoms with Crippen molar-refractivity contribution in [2.75, 3.05) is 0 Å². The van der Waals surface area contributed by atoms with Gasteiger partial charge in [0.25, 0.3) is 0 Å². The average molecular weight is 253 g/mol. The quantitative estimate of drug-likeness (QED) is 0.720. The molecule has 0 saturated heterocycles. The van der Waals surface area contributed by atoms with Gasteiger partial charge >= 0.3 is 10.2 Å². The lowest BCUT2D eigenvalue weighted by Crippen LogP contribution is -1.92. The number of hydrogen-bond acceptors (Lipinski definition) is 2. The lowest BCUT2D eigenvalue weighted by atomic mass is 10.2. The molecule has 12 heavy (non-hydrogen) atoms. The highest BCUT2D eigenvalue weighted by atomic mass is 79.9. The van der Waals surface area contributed by atoms with Gasteiger partial charge in [-0.1, -0.05) is 15.9 Å². The lowest BCUT2D eigenvalue weighted by molar-refractivity contribution is 0.552. The molecule has 0 saturated carbocycles. The Morgan fingerprint density at radius 3 is 2.33 bits per heavy atom. The summed E-state index contributed by atoms with van der Waals surface area (Å²) in [6, 6.07) is 4.21. The second kappa shape index (κ2) is 3.14. The van der Waals surface area contributed by atoms with Crippen LogP contribution in [0.1, 0.15) is 5.56 Å². The Labute approximate surface area is 78.8 Å². The molecule has 0 fully saturated rings. The average Bonchev–Trinajstić information content (AvgIpc) is 1.82. The minimum absolute atomic E-state index is 0.311. The SMILES string of the molecule is Cc1cc(Br)cc(S(=O)(=O)F)c1. The molecular weight excluding hydrogens is 247 g/mol. The third-order valence-electron chi connectivity index (χ3n) is 1.30. The molecule has 0 heterocycles. The van der Waals surface area contributed by atoms with Gasteiger partial charge in [-0.05, 0) is 30.7 Å². The van der Waals surface area contributed by atoms with E-state index in [1.54, 1.807) is 13.0 Å². The third kappa shape index (κ3) is 2.28. The molecular formula is C7H6BrFO2S. The van der Waals surface area contributed by atoms with Crippen LogP contribution >= 0.6 is 15.9 Å². The van der Waals surface area contributed by atoms with Crippen LogP contribution in [0.15, 0.2) is 27.6 Å². The first-order valence-corrected chi connectivity index (χ1v) is 5.29. The molecule has 0 aliphatic rings. The molecule has 0 aromatic heterocycles. The molecule has 0 spiro atoms. The third-order valence-corrected chi connectivity index (χ3v) is 2.55. The standard InChI is InChI=1S/C7H6BrFO2S/c1-5-2-6(8)4-7(3-5)12(9,10)11/h2-4H,1H3. The van der Waals surface area contributed by atoms with E-state index < -0.39 is 10.2 Å². The van der Waals surface area contributed by atoms with Crippen LogP contribution in [0.25, 0.3) is 0 Å². The van der Waals surface area contributed by atoms with Gasteiger partial charge in [0.2, 0.25) is 0 Å². The van der Waals surface area contributed by atoms with Crippen molar-refractivity contribution in [2.24, 2.45) is 0 Å². The summed E-state index contributed by atoms with van der Waals surface area (Å²) in [5.74, 6) is 0. The van der Waals surface area contributed by atoms with E-state index in [0.29, 0.717) is 10.0 Å². The van der Waals surface area contributed by atoms with E-state index in [0.717, 1.165) is 0 Å². The summed E-state index contributed by atoms with van der Waals surface area (Å²) in [6.45, 7) is 1.69. The molecule has 1 aromatic carbocycles. The Morgan fingerprint density at radius 1 is 1.33 bits per heavy atom. The number of aryl methyl sites for hydroxylation is 1. The van der Waals surface area contributed by atoms with Gasteiger partial charge in [0.15, 0.2) is 0 Å². The van der Waals surface area contributed by atoms with Crippen molar-refractivity contribution in [3.8, 4) is 0 Å². The van der Waals surface area contributed by atoms with Crippen LogP contribution in [0.2, 0.25) is 0 Å². The maximum atomic E-state index is 12.4. The van der Waals surface area contributed by atoms with Gasteiger partial charge in [-0.2, -0.15) is 8.42 Å². The maximum absolute atomic E-state index is 12.4. The molecule has 0 aliphatic heterocycles. The molecule has 0 radical (unpaired) electrons. The second-order valence-corrected chi connectivity index (χ2v) is 4.66. The largest absolute Gasteiger partial charge is 0.332 e. The van der Waals surface area contributed by atoms with Crippen LogP contribution in [-0.4, -0.2) is 8.42 Å². The van der Waals surface area contributed by atoms with Crippen LogP contribution in [0, 0.1) is 6.92 Å². The number of hydrogen-bond donors (Lipinski definition) is 0. The minimum Gasteiger partial charge on any atom is -0.189 e. The minimum atomic E-state index is -4.58. The van der Waals surface area contributed by atoms with E-state index in [2.05, 4.69) is 15.9 Å². The molecule has 0 aliphatic carbocycles. The highest BCUT2D eigenvalue weighted by Crippen LogP contribution is 2.20. The van der Waals surface area contributed by atoms with Gasteiger partial charge in [-0.15, -0.1) is 3.89 Å². The first-order chi connectivity index (χ1) is 5.39. The predicted octanol–water partition coefficient (Wildman–Crippen LogP) is 2.42. The topological polar surface area (TPSA) is 34.1 Å². The van der Waals surface area contributed by atoms with Gasteiger partial charge in [0.1, 0.15) is 0 Å². The molecule has 66 valence electrons. The van der Waals surface area contributed by atoms with E-state index in [1.165, 1.54) is 12.1 Å². The maximum Gasteiger partial charge on any atom is 0.332 e. The Morgan fingerprint density at radius 2 is 1.92 bits per heavy atom. The van der Waals surface area contributed by atoms with Crippen molar-refractivity contribution in [1.82, 2.24) is 0 Å². The summed E-state index contributed by atoms with van der Waals surface area (Å²) in [5, 5.41) is 0. The molecule has 1 aromatic rings. The zero-order valence-electron chi connectivity index (χ0n) is 6.21. The van der Waals surface area contributed by atoms with E-state index in [1.807, 2.05) is 0 Å². The Hall–Kier alpha value is -0.420. The predicted molar refractivity (Wildman–Crippen MR) is 47.2 cm³/mol. The van der Waals surface area contributed by atoms with E-state index in [-0.39, 0.29) is 4.90 Å². The van der Waals surface area contributed by atoms with Crippen LogP contribution in [0.5, 0.6) is 0 Å². The summed E-state index contributed by atoms with van der Waals surface area (Å²) in [4.78, 5) is -0.311. The van der Waals surface area contributed by atoms with Crippen LogP contribution < -0.4 is 0 Å². The van der Waals surface area contributed by atoms with Crippen molar-refractivity contribution < 1.29 is 12.3 Å². The monoisotopic (exact) mass is 252 g/mol. The van der Waals surface area contributed by atoms with Crippen LogP contribution in [-0.2, 0) is 10.2 Å². The van der Waals surface area contributed by atoms with Crippen molar-refractivity contribution >= 4 is 26.2 Å². The Bertz CT molecular complexity index is 380. The molecule has 0 atom stereocenters. The summed E-state index contributed by atoms with van der Waals surface area (Å²) in [7, 11) is -4.58. The van der Waals surface area contributed by atoms with E-state index in [9.17, 15) is 12.3 Å². The van der Waals surface area contributed by atoms with Gasteiger partial charge in [0, 0.05) is 4.47 Å². The molecule has 0 amide bonds. The summed E-state index contributed by atoms with van der Waals surface area (Å²) in [6.07, 6.45) is 0. The fraction of sp³-hybridized carbons (Fsp3) is 0.143. The first-order valence-electron chi connectivity index (χ1n) is 3.11. The first kappa shape index (κ1) is 9.67. The smallest absolute Gasteiger partial charge is 0.189 e. The fourth-order valence-corrected chi connectivity index (χ4v) is 2.20. The van der Waals surface area contributed by atoms with Crippen molar-refractivity contribution in [1.29, 1.82) is 0 Å². The van der Waals surface area contributed by atoms with E-state index >= 15 is 0 Å². The fourth-order valence-electron chi connectivity index (χ4n) is 0.844. The second-order valence-electron chi connectivity index (χ2n) is 2.40. The zero-order valence-corrected chi connectivity index (χ0v) is 8.62. The van der Waals surface area contributed by atoms with Gasteiger partial charge in [-0.25, -0.2) is 0 Å². The van der Waals surface area contributed by atoms with Crippen molar-refractivity contribution in [3.63, 3.8) is 0 Å². The van der Waals surface area contributed by atoms with Crippen LogP contribution in [0.4, 0.5) is 3.89 Å². The van der Waals surface area contributed by atoms with E-state index in [4.69, 9.17) is 0 Å². The highest BCUT2D eigenvalue weighted by Gasteiger charge is 2.12. The van der Waals surface area contributed by atoms with Crippen molar-refractivity contribution in [2.45, 2.75) is 11.8 Å². The molecule has 0 unspecified atom stereocenters. The van der Waals surface area contributed by atoms with Gasteiger partial charge < -0.3 is 0 Å². The molecule has 2 nitrogen and oxygen atoms in total. The molecule has 1 rings (SSSR count). The van der Waals surface area contributed by atoms with Crippen LogP contribution in [0.3, 0.4) is 0 Å². The lowest BCUT2D eigenvalue weighted by Gasteiger charge is -1.98. The van der Waals surface area contributed by atoms with Crippen molar-refractivity contribution in [3.05, 3.63) is 28.2 Å². The molecule has 0 N–H and O–H groups in total.